The number of imide groups is 1. The Morgan fingerprint density at radius 2 is 1.84 bits per heavy atom. The molecule has 1 aliphatic rings. The summed E-state index contributed by atoms with van der Waals surface area (Å²) < 4.78 is 0. The Bertz CT molecular complexity index is 696. The molecule has 2 rings (SSSR count). The van der Waals surface area contributed by atoms with Crippen molar-refractivity contribution in [1.29, 1.82) is 0 Å². The molecule has 1 saturated heterocycles. The molecule has 0 spiro atoms. The van der Waals surface area contributed by atoms with Crippen molar-refractivity contribution in [1.82, 2.24) is 15.5 Å². The average Bonchev–Trinajstić information content (AvgIpc) is 2.86. The van der Waals surface area contributed by atoms with E-state index in [9.17, 15) is 19.2 Å². The first kappa shape index (κ1) is 18.4. The van der Waals surface area contributed by atoms with Crippen molar-refractivity contribution in [2.24, 2.45) is 0 Å². The standard InChI is InChI=1S/C17H22N4O4/c1-10-5-4-6-11(2)15(10)19-13(22)9-21(3)14(23)8-7-12-16(24)20-17(25)18-12/h4-6,12H,7-9H2,1-3H3,(H,19,22)(H2,18,20,24,25)/t12-/m1/s1. The molecule has 134 valence electrons. The molecule has 1 atom stereocenters. The molecule has 3 N–H and O–H groups in total. The fraction of sp³-hybridized carbons (Fsp3) is 0.412. The van der Waals surface area contributed by atoms with Crippen LogP contribution in [0.2, 0.25) is 0 Å². The smallest absolute Gasteiger partial charge is 0.322 e. The van der Waals surface area contributed by atoms with E-state index in [2.05, 4.69) is 16.0 Å². The first-order chi connectivity index (χ1) is 11.8. The summed E-state index contributed by atoms with van der Waals surface area (Å²) in [6, 6.07) is 4.46. The number of carbonyl (C=O) groups excluding carboxylic acids is 4. The van der Waals surface area contributed by atoms with Crippen molar-refractivity contribution < 1.29 is 19.2 Å². The maximum Gasteiger partial charge on any atom is 0.322 e. The normalized spacial score (nSPS) is 16.2. The van der Waals surface area contributed by atoms with Crippen LogP contribution in [0.25, 0.3) is 0 Å². The minimum Gasteiger partial charge on any atom is -0.336 e. The number of nitrogens with one attached hydrogen (secondary N) is 3. The third-order valence-electron chi connectivity index (χ3n) is 4.06. The maximum absolute atomic E-state index is 12.2. The van der Waals surface area contributed by atoms with E-state index < -0.39 is 18.0 Å². The van der Waals surface area contributed by atoms with Gasteiger partial charge in [-0.1, -0.05) is 18.2 Å². The lowest BCUT2D eigenvalue weighted by Crippen LogP contribution is -2.36. The molecule has 0 aromatic heterocycles. The van der Waals surface area contributed by atoms with Crippen molar-refractivity contribution in [3.8, 4) is 0 Å². The molecule has 25 heavy (non-hydrogen) atoms. The third kappa shape index (κ3) is 4.79. The summed E-state index contributed by atoms with van der Waals surface area (Å²) in [4.78, 5) is 48.0. The van der Waals surface area contributed by atoms with Gasteiger partial charge in [0.2, 0.25) is 11.8 Å². The summed E-state index contributed by atoms with van der Waals surface area (Å²) in [6.07, 6.45) is 0.255. The van der Waals surface area contributed by atoms with E-state index in [1.807, 2.05) is 32.0 Å². The van der Waals surface area contributed by atoms with E-state index >= 15 is 0 Å². The number of urea groups is 1. The molecule has 0 aliphatic carbocycles. The molecule has 1 aromatic carbocycles. The SMILES string of the molecule is Cc1cccc(C)c1NC(=O)CN(C)C(=O)CC[C@H]1NC(=O)NC1=O. The number of nitrogens with zero attached hydrogens (tertiary/aromatic N) is 1. The van der Waals surface area contributed by atoms with Gasteiger partial charge >= 0.3 is 6.03 Å². The summed E-state index contributed by atoms with van der Waals surface area (Å²) in [5.41, 5.74) is 2.65. The van der Waals surface area contributed by atoms with Crippen molar-refractivity contribution in [2.75, 3.05) is 18.9 Å². The summed E-state index contributed by atoms with van der Waals surface area (Å²) in [5, 5.41) is 7.37. The van der Waals surface area contributed by atoms with Crippen LogP contribution in [0.5, 0.6) is 0 Å². The summed E-state index contributed by atoms with van der Waals surface area (Å²) >= 11 is 0. The highest BCUT2D eigenvalue weighted by Gasteiger charge is 2.30. The van der Waals surface area contributed by atoms with Crippen molar-refractivity contribution in [3.05, 3.63) is 29.3 Å². The molecule has 1 heterocycles. The lowest BCUT2D eigenvalue weighted by Gasteiger charge is -2.18. The van der Waals surface area contributed by atoms with Crippen LogP contribution in [0.3, 0.4) is 0 Å². The largest absolute Gasteiger partial charge is 0.336 e. The van der Waals surface area contributed by atoms with Crippen LogP contribution in [0.4, 0.5) is 10.5 Å². The molecule has 0 radical (unpaired) electrons. The lowest BCUT2D eigenvalue weighted by molar-refractivity contribution is -0.133. The molecular weight excluding hydrogens is 324 g/mol. The van der Waals surface area contributed by atoms with Crippen LogP contribution in [-0.2, 0) is 14.4 Å². The Hall–Kier alpha value is -2.90. The van der Waals surface area contributed by atoms with E-state index in [0.29, 0.717) is 0 Å². The zero-order chi connectivity index (χ0) is 18.6. The zero-order valence-corrected chi connectivity index (χ0v) is 14.5. The number of benzene rings is 1. The first-order valence-electron chi connectivity index (χ1n) is 7.99. The second kappa shape index (κ2) is 7.78. The fourth-order valence-corrected chi connectivity index (χ4v) is 2.61. The maximum atomic E-state index is 12.2. The predicted molar refractivity (Wildman–Crippen MR) is 91.9 cm³/mol. The Kier molecular flexibility index (Phi) is 5.74. The van der Waals surface area contributed by atoms with Crippen LogP contribution in [0.15, 0.2) is 18.2 Å². The Morgan fingerprint density at radius 1 is 1.20 bits per heavy atom. The number of anilines is 1. The van der Waals surface area contributed by atoms with E-state index in [0.717, 1.165) is 16.8 Å². The number of hydrogen-bond donors (Lipinski definition) is 3. The quantitative estimate of drug-likeness (QED) is 0.659. The van der Waals surface area contributed by atoms with E-state index in [4.69, 9.17) is 0 Å². The molecule has 0 unspecified atom stereocenters. The van der Waals surface area contributed by atoms with Crippen molar-refractivity contribution in [3.63, 3.8) is 0 Å². The molecule has 1 fully saturated rings. The Morgan fingerprint density at radius 3 is 2.40 bits per heavy atom. The molecule has 8 heteroatoms. The van der Waals surface area contributed by atoms with Gasteiger partial charge in [0, 0.05) is 19.2 Å². The molecule has 5 amide bonds. The van der Waals surface area contributed by atoms with Crippen molar-refractivity contribution >= 4 is 29.4 Å². The van der Waals surface area contributed by atoms with Crippen LogP contribution < -0.4 is 16.0 Å². The second-order valence-corrected chi connectivity index (χ2v) is 6.12. The van der Waals surface area contributed by atoms with Gasteiger partial charge in [0.1, 0.15) is 6.04 Å². The number of rotatable bonds is 6. The number of para-hydroxylation sites is 1. The summed E-state index contributed by atoms with van der Waals surface area (Å²) in [7, 11) is 1.53. The Balaban J connectivity index is 1.83. The second-order valence-electron chi connectivity index (χ2n) is 6.12. The fourth-order valence-electron chi connectivity index (χ4n) is 2.61. The van der Waals surface area contributed by atoms with Gasteiger partial charge in [-0.2, -0.15) is 0 Å². The highest BCUT2D eigenvalue weighted by atomic mass is 16.2. The van der Waals surface area contributed by atoms with Crippen LogP contribution in [0.1, 0.15) is 24.0 Å². The molecular formula is C17H22N4O4. The van der Waals surface area contributed by atoms with Gasteiger partial charge in [0.25, 0.3) is 5.91 Å². The number of aryl methyl sites for hydroxylation is 2. The minimum atomic E-state index is -0.701. The monoisotopic (exact) mass is 346 g/mol. The molecule has 0 saturated carbocycles. The predicted octanol–water partition coefficient (Wildman–Crippen LogP) is 0.689. The Labute approximate surface area is 145 Å². The third-order valence-corrected chi connectivity index (χ3v) is 4.06. The van der Waals surface area contributed by atoms with Gasteiger partial charge in [-0.3, -0.25) is 19.7 Å². The average molecular weight is 346 g/mol. The van der Waals surface area contributed by atoms with Gasteiger partial charge in [0.05, 0.1) is 6.54 Å². The van der Waals surface area contributed by atoms with Crippen LogP contribution in [-0.4, -0.2) is 48.3 Å². The molecule has 1 aromatic rings. The van der Waals surface area contributed by atoms with Crippen LogP contribution >= 0.6 is 0 Å². The van der Waals surface area contributed by atoms with Gasteiger partial charge in [-0.15, -0.1) is 0 Å². The highest BCUT2D eigenvalue weighted by Crippen LogP contribution is 2.19. The molecule has 8 nitrogen and oxygen atoms in total. The van der Waals surface area contributed by atoms with E-state index in [-0.39, 0.29) is 31.2 Å². The van der Waals surface area contributed by atoms with Crippen LogP contribution in [0, 0.1) is 13.8 Å². The minimum absolute atomic E-state index is 0.0611. The first-order valence-corrected chi connectivity index (χ1v) is 7.99. The molecule has 1 aliphatic heterocycles. The van der Waals surface area contributed by atoms with Gasteiger partial charge in [-0.25, -0.2) is 4.79 Å². The zero-order valence-electron chi connectivity index (χ0n) is 14.5. The molecule has 0 bridgehead atoms. The lowest BCUT2D eigenvalue weighted by atomic mass is 10.1. The number of likely N-dealkylation sites (N-methyl/N-ethyl adjacent to an activating group) is 1. The van der Waals surface area contributed by atoms with Gasteiger partial charge in [-0.05, 0) is 31.4 Å². The van der Waals surface area contributed by atoms with Gasteiger partial charge < -0.3 is 15.5 Å². The van der Waals surface area contributed by atoms with Gasteiger partial charge in [0.15, 0.2) is 0 Å². The van der Waals surface area contributed by atoms with E-state index in [1.54, 1.807) is 0 Å². The number of carbonyl (C=O) groups is 4. The topological polar surface area (TPSA) is 108 Å². The van der Waals surface area contributed by atoms with Crippen molar-refractivity contribution in [2.45, 2.75) is 32.7 Å². The highest BCUT2D eigenvalue weighted by molar-refractivity contribution is 6.04. The summed E-state index contributed by atoms with van der Waals surface area (Å²) in [6.45, 7) is 3.71. The van der Waals surface area contributed by atoms with E-state index in [1.165, 1.54) is 11.9 Å². The number of amides is 5. The summed E-state index contributed by atoms with van der Waals surface area (Å²) in [5.74, 6) is -1.00. The number of hydrogen-bond acceptors (Lipinski definition) is 4.